The number of rotatable bonds is 5. The first-order valence-electron chi connectivity index (χ1n) is 10.5. The summed E-state index contributed by atoms with van der Waals surface area (Å²) in [6, 6.07) is 9.47. The Morgan fingerprint density at radius 2 is 1.69 bits per heavy atom. The van der Waals surface area contributed by atoms with Crippen molar-refractivity contribution >= 4 is 23.4 Å². The summed E-state index contributed by atoms with van der Waals surface area (Å²) >= 11 is 0. The van der Waals surface area contributed by atoms with Crippen molar-refractivity contribution in [1.29, 1.82) is 0 Å². The van der Waals surface area contributed by atoms with Crippen LogP contribution in [0.5, 0.6) is 0 Å². The summed E-state index contributed by atoms with van der Waals surface area (Å²) in [7, 11) is 3.56. The molecule has 0 saturated carbocycles. The van der Waals surface area contributed by atoms with Gasteiger partial charge in [0.05, 0.1) is 12.5 Å². The monoisotopic (exact) mass is 400 g/mol. The zero-order chi connectivity index (χ0) is 20.8. The molecular formula is C22H32N4O3. The van der Waals surface area contributed by atoms with Crippen LogP contribution < -0.4 is 5.32 Å². The standard InChI is InChI=1S/C22H32N4O3/c1-24(2)22(29)18-7-6-12-25(15-18)16-20(27)26-13-10-17(11-14-26)21(28)23-19-8-4-3-5-9-19/h3-5,8-9,17-18H,6-7,10-16H2,1-2H3,(H,23,28). The van der Waals surface area contributed by atoms with Crippen molar-refractivity contribution in [1.82, 2.24) is 14.7 Å². The highest BCUT2D eigenvalue weighted by Gasteiger charge is 2.31. The third kappa shape index (κ3) is 5.79. The number of hydrogen-bond donors (Lipinski definition) is 1. The first-order valence-corrected chi connectivity index (χ1v) is 10.5. The second-order valence-corrected chi connectivity index (χ2v) is 8.32. The molecule has 7 heteroatoms. The Labute approximate surface area is 173 Å². The van der Waals surface area contributed by atoms with Crippen LogP contribution in [0.15, 0.2) is 30.3 Å². The van der Waals surface area contributed by atoms with Crippen LogP contribution >= 0.6 is 0 Å². The lowest BCUT2D eigenvalue weighted by atomic mass is 9.95. The zero-order valence-electron chi connectivity index (χ0n) is 17.5. The Balaban J connectivity index is 1.44. The minimum atomic E-state index is -0.0589. The van der Waals surface area contributed by atoms with Crippen molar-refractivity contribution in [3.63, 3.8) is 0 Å². The predicted octanol–water partition coefficient (Wildman–Crippen LogP) is 1.66. The molecule has 7 nitrogen and oxygen atoms in total. The summed E-state index contributed by atoms with van der Waals surface area (Å²) < 4.78 is 0. The summed E-state index contributed by atoms with van der Waals surface area (Å²) in [6.07, 6.45) is 3.21. The van der Waals surface area contributed by atoms with Crippen molar-refractivity contribution in [2.75, 3.05) is 52.1 Å². The van der Waals surface area contributed by atoms with Crippen LogP contribution in [0.1, 0.15) is 25.7 Å². The quantitative estimate of drug-likeness (QED) is 0.816. The Morgan fingerprint density at radius 1 is 1.00 bits per heavy atom. The molecule has 0 spiro atoms. The van der Waals surface area contributed by atoms with Crippen molar-refractivity contribution in [2.45, 2.75) is 25.7 Å². The van der Waals surface area contributed by atoms with Crippen LogP contribution in [-0.4, -0.2) is 79.2 Å². The number of nitrogens with one attached hydrogen (secondary N) is 1. The van der Waals surface area contributed by atoms with E-state index in [9.17, 15) is 14.4 Å². The van der Waals surface area contributed by atoms with E-state index in [0.717, 1.165) is 25.1 Å². The number of para-hydroxylation sites is 1. The highest BCUT2D eigenvalue weighted by Crippen LogP contribution is 2.21. The first kappa shape index (κ1) is 21.3. The molecule has 2 saturated heterocycles. The average Bonchev–Trinajstić information content (AvgIpc) is 2.74. The molecular weight excluding hydrogens is 368 g/mol. The topological polar surface area (TPSA) is 73.0 Å². The van der Waals surface area contributed by atoms with Gasteiger partial charge in [0.2, 0.25) is 17.7 Å². The maximum absolute atomic E-state index is 12.7. The van der Waals surface area contributed by atoms with Crippen LogP contribution in [0.3, 0.4) is 0 Å². The van der Waals surface area contributed by atoms with E-state index in [0.29, 0.717) is 39.0 Å². The molecule has 1 aromatic carbocycles. The lowest BCUT2D eigenvalue weighted by Crippen LogP contribution is -2.49. The molecule has 0 aromatic heterocycles. The van der Waals surface area contributed by atoms with Gasteiger partial charge in [-0.1, -0.05) is 18.2 Å². The molecule has 1 N–H and O–H groups in total. The molecule has 2 aliphatic rings. The molecule has 1 atom stereocenters. The predicted molar refractivity (Wildman–Crippen MR) is 112 cm³/mol. The van der Waals surface area contributed by atoms with Gasteiger partial charge in [-0.2, -0.15) is 0 Å². The van der Waals surface area contributed by atoms with Gasteiger partial charge < -0.3 is 15.1 Å². The van der Waals surface area contributed by atoms with E-state index in [4.69, 9.17) is 0 Å². The second kappa shape index (κ2) is 9.87. The van der Waals surface area contributed by atoms with Gasteiger partial charge in [0.1, 0.15) is 0 Å². The molecule has 29 heavy (non-hydrogen) atoms. The minimum Gasteiger partial charge on any atom is -0.349 e. The lowest BCUT2D eigenvalue weighted by Gasteiger charge is -2.36. The van der Waals surface area contributed by atoms with E-state index in [-0.39, 0.29) is 29.6 Å². The van der Waals surface area contributed by atoms with E-state index in [1.165, 1.54) is 0 Å². The fourth-order valence-electron chi connectivity index (χ4n) is 4.21. The number of amides is 3. The number of anilines is 1. The average molecular weight is 401 g/mol. The Bertz CT molecular complexity index is 714. The summed E-state index contributed by atoms with van der Waals surface area (Å²) in [5.41, 5.74) is 0.808. The van der Waals surface area contributed by atoms with E-state index in [1.54, 1.807) is 19.0 Å². The molecule has 0 aliphatic carbocycles. The third-order valence-electron chi connectivity index (χ3n) is 5.91. The number of hydrogen-bond acceptors (Lipinski definition) is 4. The maximum Gasteiger partial charge on any atom is 0.236 e. The summed E-state index contributed by atoms with van der Waals surface area (Å²) in [6.45, 7) is 3.09. The SMILES string of the molecule is CN(C)C(=O)C1CCCN(CC(=O)N2CCC(C(=O)Nc3ccccc3)CC2)C1. The third-order valence-corrected chi connectivity index (χ3v) is 5.91. The highest BCUT2D eigenvalue weighted by molar-refractivity contribution is 5.92. The summed E-state index contributed by atoms with van der Waals surface area (Å²) in [5, 5.41) is 2.96. The number of carbonyl (C=O) groups is 3. The molecule has 0 bridgehead atoms. The van der Waals surface area contributed by atoms with Crippen molar-refractivity contribution in [3.8, 4) is 0 Å². The molecule has 3 amide bonds. The Kier molecular flexibility index (Phi) is 7.25. The van der Waals surface area contributed by atoms with Crippen molar-refractivity contribution < 1.29 is 14.4 Å². The smallest absolute Gasteiger partial charge is 0.236 e. The van der Waals surface area contributed by atoms with Crippen LogP contribution in [0.25, 0.3) is 0 Å². The van der Waals surface area contributed by atoms with Gasteiger partial charge >= 0.3 is 0 Å². The summed E-state index contributed by atoms with van der Waals surface area (Å²) in [4.78, 5) is 43.0. The number of nitrogens with zero attached hydrogens (tertiary/aromatic N) is 3. The molecule has 0 radical (unpaired) electrons. The van der Waals surface area contributed by atoms with E-state index >= 15 is 0 Å². The fraction of sp³-hybridized carbons (Fsp3) is 0.591. The van der Waals surface area contributed by atoms with Gasteiger partial charge in [0, 0.05) is 45.3 Å². The zero-order valence-corrected chi connectivity index (χ0v) is 17.5. The molecule has 158 valence electrons. The molecule has 1 unspecified atom stereocenters. The van der Waals surface area contributed by atoms with Gasteiger partial charge in [0.25, 0.3) is 0 Å². The van der Waals surface area contributed by atoms with E-state index in [2.05, 4.69) is 10.2 Å². The van der Waals surface area contributed by atoms with Gasteiger partial charge in [0.15, 0.2) is 0 Å². The Morgan fingerprint density at radius 3 is 2.34 bits per heavy atom. The van der Waals surface area contributed by atoms with E-state index in [1.807, 2.05) is 35.2 Å². The van der Waals surface area contributed by atoms with Gasteiger partial charge in [-0.3, -0.25) is 19.3 Å². The lowest BCUT2D eigenvalue weighted by molar-refractivity contribution is -0.139. The van der Waals surface area contributed by atoms with E-state index < -0.39 is 0 Å². The molecule has 2 heterocycles. The second-order valence-electron chi connectivity index (χ2n) is 8.32. The largest absolute Gasteiger partial charge is 0.349 e. The molecule has 3 rings (SSSR count). The number of piperidine rings is 2. The van der Waals surface area contributed by atoms with Crippen molar-refractivity contribution in [3.05, 3.63) is 30.3 Å². The van der Waals surface area contributed by atoms with Crippen LogP contribution in [0.2, 0.25) is 0 Å². The van der Waals surface area contributed by atoms with Crippen molar-refractivity contribution in [2.24, 2.45) is 11.8 Å². The minimum absolute atomic E-state index is 0.0148. The highest BCUT2D eigenvalue weighted by atomic mass is 16.2. The fourth-order valence-corrected chi connectivity index (χ4v) is 4.21. The molecule has 1 aromatic rings. The number of benzene rings is 1. The number of carbonyl (C=O) groups excluding carboxylic acids is 3. The molecule has 2 aliphatic heterocycles. The van der Waals surface area contributed by atoms with Gasteiger partial charge in [-0.25, -0.2) is 0 Å². The van der Waals surface area contributed by atoms with Gasteiger partial charge in [-0.05, 0) is 44.4 Å². The number of likely N-dealkylation sites (tertiary alicyclic amines) is 2. The first-order chi connectivity index (χ1) is 13.9. The Hall–Kier alpha value is -2.41. The van der Waals surface area contributed by atoms with Gasteiger partial charge in [-0.15, -0.1) is 0 Å². The summed E-state index contributed by atoms with van der Waals surface area (Å²) in [5.74, 6) is 0.205. The van der Waals surface area contributed by atoms with Crippen LogP contribution in [0.4, 0.5) is 5.69 Å². The normalized spacial score (nSPS) is 20.9. The van der Waals surface area contributed by atoms with Crippen LogP contribution in [0, 0.1) is 11.8 Å². The maximum atomic E-state index is 12.7. The van der Waals surface area contributed by atoms with Crippen LogP contribution in [-0.2, 0) is 14.4 Å². The molecule has 2 fully saturated rings.